The summed E-state index contributed by atoms with van der Waals surface area (Å²) in [6.45, 7) is 4.22. The number of anilines is 1. The summed E-state index contributed by atoms with van der Waals surface area (Å²) in [6.07, 6.45) is 2.31. The normalized spacial score (nSPS) is 18.2. The van der Waals surface area contributed by atoms with E-state index in [9.17, 15) is 4.79 Å². The number of piperidine rings is 1. The van der Waals surface area contributed by atoms with Gasteiger partial charge in [0.15, 0.2) is 0 Å². The van der Waals surface area contributed by atoms with Crippen LogP contribution in [-0.4, -0.2) is 44.7 Å². The maximum Gasteiger partial charge on any atom is 0.241 e. The van der Waals surface area contributed by atoms with Crippen LogP contribution in [-0.2, 0) is 4.79 Å². The van der Waals surface area contributed by atoms with Crippen LogP contribution in [0.15, 0.2) is 18.2 Å². The van der Waals surface area contributed by atoms with Gasteiger partial charge in [0.25, 0.3) is 0 Å². The largest absolute Gasteiger partial charge is 0.497 e. The second-order valence-corrected chi connectivity index (χ2v) is 5.54. The Bertz CT molecular complexity index is 468. The number of hydrogen-bond donors (Lipinski definition) is 1. The second kappa shape index (κ2) is 7.20. The number of ether oxygens (including phenoxy) is 2. The Morgan fingerprint density at radius 2 is 1.95 bits per heavy atom. The Morgan fingerprint density at radius 3 is 2.52 bits per heavy atom. The number of hydrogen-bond acceptors (Lipinski definition) is 4. The number of rotatable bonds is 5. The van der Waals surface area contributed by atoms with E-state index in [2.05, 4.69) is 12.2 Å². The molecule has 5 nitrogen and oxygen atoms in total. The van der Waals surface area contributed by atoms with E-state index in [0.717, 1.165) is 25.2 Å². The fraction of sp³-hybridized carbons (Fsp3) is 0.562. The van der Waals surface area contributed by atoms with Crippen LogP contribution in [0.2, 0.25) is 0 Å². The first-order valence-electron chi connectivity index (χ1n) is 7.37. The number of methoxy groups -OCH3 is 2. The van der Waals surface area contributed by atoms with Gasteiger partial charge in [-0.05, 0) is 18.8 Å². The lowest BCUT2D eigenvalue weighted by Gasteiger charge is -2.31. The number of carbonyl (C=O) groups excluding carboxylic acids is 1. The van der Waals surface area contributed by atoms with Crippen LogP contribution in [0, 0.1) is 5.92 Å². The molecule has 0 unspecified atom stereocenters. The molecule has 116 valence electrons. The molecule has 0 radical (unpaired) electrons. The van der Waals surface area contributed by atoms with E-state index in [-0.39, 0.29) is 5.91 Å². The third-order valence-electron chi connectivity index (χ3n) is 3.80. The molecule has 21 heavy (non-hydrogen) atoms. The van der Waals surface area contributed by atoms with Gasteiger partial charge < -0.3 is 19.7 Å². The topological polar surface area (TPSA) is 50.8 Å². The fourth-order valence-corrected chi connectivity index (χ4v) is 2.61. The molecule has 1 aromatic rings. The summed E-state index contributed by atoms with van der Waals surface area (Å²) in [5.74, 6) is 2.15. The molecule has 5 heteroatoms. The van der Waals surface area contributed by atoms with Crippen LogP contribution in [0.25, 0.3) is 0 Å². The molecule has 1 saturated heterocycles. The molecule has 1 N–H and O–H groups in total. The molecule has 1 aliphatic heterocycles. The summed E-state index contributed by atoms with van der Waals surface area (Å²) in [5.41, 5.74) is 0.824. The summed E-state index contributed by atoms with van der Waals surface area (Å²) in [5, 5.41) is 3.15. The van der Waals surface area contributed by atoms with Gasteiger partial charge in [0.2, 0.25) is 5.91 Å². The van der Waals surface area contributed by atoms with Gasteiger partial charge in [-0.3, -0.25) is 4.79 Å². The SMILES string of the molecule is COc1cc(NCC(=O)N2CCC[C@H](C)C2)cc(OC)c1. The van der Waals surface area contributed by atoms with Crippen molar-refractivity contribution in [3.63, 3.8) is 0 Å². The van der Waals surface area contributed by atoms with E-state index in [4.69, 9.17) is 9.47 Å². The number of nitrogens with one attached hydrogen (secondary N) is 1. The Hall–Kier alpha value is -1.91. The van der Waals surface area contributed by atoms with Crippen LogP contribution >= 0.6 is 0 Å². The summed E-state index contributed by atoms with van der Waals surface area (Å²) in [6, 6.07) is 5.52. The molecular formula is C16H24N2O3. The second-order valence-electron chi connectivity index (χ2n) is 5.54. The lowest BCUT2D eigenvalue weighted by molar-refractivity contribution is -0.130. The van der Waals surface area contributed by atoms with Crippen LogP contribution in [0.4, 0.5) is 5.69 Å². The van der Waals surface area contributed by atoms with Crippen molar-refractivity contribution in [3.05, 3.63) is 18.2 Å². The maximum atomic E-state index is 12.2. The fourth-order valence-electron chi connectivity index (χ4n) is 2.61. The minimum absolute atomic E-state index is 0.142. The zero-order chi connectivity index (χ0) is 15.2. The van der Waals surface area contributed by atoms with Gasteiger partial charge in [-0.15, -0.1) is 0 Å². The van der Waals surface area contributed by atoms with Gasteiger partial charge in [0, 0.05) is 37.0 Å². The van der Waals surface area contributed by atoms with Crippen LogP contribution in [0.1, 0.15) is 19.8 Å². The van der Waals surface area contributed by atoms with Gasteiger partial charge in [-0.25, -0.2) is 0 Å². The Morgan fingerprint density at radius 1 is 1.29 bits per heavy atom. The van der Waals surface area contributed by atoms with Gasteiger partial charge in [-0.2, -0.15) is 0 Å². The molecule has 0 aromatic heterocycles. The zero-order valence-corrected chi connectivity index (χ0v) is 13.0. The van der Waals surface area contributed by atoms with Crippen molar-refractivity contribution in [2.75, 3.05) is 39.2 Å². The maximum absolute atomic E-state index is 12.2. The molecule has 0 spiro atoms. The lowest BCUT2D eigenvalue weighted by atomic mass is 10.0. The minimum Gasteiger partial charge on any atom is -0.497 e. The zero-order valence-electron chi connectivity index (χ0n) is 13.0. The third kappa shape index (κ3) is 4.28. The molecule has 1 atom stereocenters. The number of carbonyl (C=O) groups is 1. The molecule has 0 bridgehead atoms. The Kier molecular flexibility index (Phi) is 5.31. The summed E-state index contributed by atoms with van der Waals surface area (Å²) >= 11 is 0. The Labute approximate surface area is 126 Å². The van der Waals surface area contributed by atoms with E-state index in [1.807, 2.05) is 17.0 Å². The quantitative estimate of drug-likeness (QED) is 0.905. The first-order chi connectivity index (χ1) is 10.1. The van der Waals surface area contributed by atoms with E-state index < -0.39 is 0 Å². The van der Waals surface area contributed by atoms with Gasteiger partial charge in [-0.1, -0.05) is 6.92 Å². The predicted molar refractivity (Wildman–Crippen MR) is 83.0 cm³/mol. The van der Waals surface area contributed by atoms with E-state index in [0.29, 0.717) is 24.0 Å². The molecule has 1 aromatic carbocycles. The van der Waals surface area contributed by atoms with E-state index >= 15 is 0 Å². The summed E-state index contributed by atoms with van der Waals surface area (Å²) < 4.78 is 10.4. The molecule has 1 aliphatic rings. The lowest BCUT2D eigenvalue weighted by Crippen LogP contribution is -2.41. The highest BCUT2D eigenvalue weighted by Gasteiger charge is 2.20. The molecule has 1 heterocycles. The molecular weight excluding hydrogens is 268 g/mol. The number of benzene rings is 1. The van der Waals surface area contributed by atoms with Crippen molar-refractivity contribution in [1.29, 1.82) is 0 Å². The Balaban J connectivity index is 1.94. The molecule has 1 fully saturated rings. The highest BCUT2D eigenvalue weighted by molar-refractivity contribution is 5.81. The van der Waals surface area contributed by atoms with E-state index in [1.54, 1.807) is 20.3 Å². The monoisotopic (exact) mass is 292 g/mol. The van der Waals surface area contributed by atoms with Crippen molar-refractivity contribution in [3.8, 4) is 11.5 Å². The van der Waals surface area contributed by atoms with Crippen LogP contribution < -0.4 is 14.8 Å². The van der Waals surface area contributed by atoms with Crippen LogP contribution in [0.3, 0.4) is 0 Å². The number of nitrogens with zero attached hydrogens (tertiary/aromatic N) is 1. The molecule has 0 aliphatic carbocycles. The first kappa shape index (κ1) is 15.5. The molecule has 2 rings (SSSR count). The van der Waals surface area contributed by atoms with Crippen LogP contribution in [0.5, 0.6) is 11.5 Å². The van der Waals surface area contributed by atoms with Crippen molar-refractivity contribution < 1.29 is 14.3 Å². The van der Waals surface area contributed by atoms with Crippen molar-refractivity contribution in [2.24, 2.45) is 5.92 Å². The van der Waals surface area contributed by atoms with E-state index in [1.165, 1.54) is 6.42 Å². The summed E-state index contributed by atoms with van der Waals surface area (Å²) in [7, 11) is 3.22. The standard InChI is InChI=1S/C16H24N2O3/c1-12-5-4-6-18(11-12)16(19)10-17-13-7-14(20-2)9-15(8-13)21-3/h7-9,12,17H,4-6,10-11H2,1-3H3/t12-/m0/s1. The first-order valence-corrected chi connectivity index (χ1v) is 7.37. The van der Waals surface area contributed by atoms with Gasteiger partial charge >= 0.3 is 0 Å². The average Bonchev–Trinajstić information content (AvgIpc) is 2.52. The van der Waals surface area contributed by atoms with Crippen molar-refractivity contribution in [2.45, 2.75) is 19.8 Å². The third-order valence-corrected chi connectivity index (χ3v) is 3.80. The average molecular weight is 292 g/mol. The highest BCUT2D eigenvalue weighted by Crippen LogP contribution is 2.25. The molecule has 1 amide bonds. The number of likely N-dealkylation sites (tertiary alicyclic amines) is 1. The van der Waals surface area contributed by atoms with Crippen molar-refractivity contribution in [1.82, 2.24) is 4.90 Å². The minimum atomic E-state index is 0.142. The molecule has 0 saturated carbocycles. The van der Waals surface area contributed by atoms with Gasteiger partial charge in [0.05, 0.1) is 20.8 Å². The van der Waals surface area contributed by atoms with Gasteiger partial charge in [0.1, 0.15) is 11.5 Å². The highest BCUT2D eigenvalue weighted by atomic mass is 16.5. The number of amides is 1. The smallest absolute Gasteiger partial charge is 0.241 e. The summed E-state index contributed by atoms with van der Waals surface area (Å²) in [4.78, 5) is 14.2. The van der Waals surface area contributed by atoms with Crippen molar-refractivity contribution >= 4 is 11.6 Å². The predicted octanol–water partition coefficient (Wildman–Crippen LogP) is 2.37.